The van der Waals surface area contributed by atoms with Gasteiger partial charge >= 0.3 is 0 Å². The van der Waals surface area contributed by atoms with Gasteiger partial charge in [0, 0.05) is 31.5 Å². The van der Waals surface area contributed by atoms with Crippen molar-refractivity contribution >= 4 is 16.5 Å². The first-order valence-corrected chi connectivity index (χ1v) is 8.55. The summed E-state index contributed by atoms with van der Waals surface area (Å²) in [7, 11) is 0. The molecule has 1 N–H and O–H groups in total. The minimum absolute atomic E-state index is 0.194. The third kappa shape index (κ3) is 2.79. The Bertz CT molecular complexity index is 793. The maximum atomic E-state index is 10.3. The lowest BCUT2D eigenvalue weighted by Crippen LogP contribution is -2.29. The van der Waals surface area contributed by atoms with Gasteiger partial charge in [-0.05, 0) is 37.5 Å². The molecular formula is C16H17N5OS. The number of nitrogens with zero attached hydrogens (tertiary/aromatic N) is 5. The monoisotopic (exact) mass is 327 g/mol. The average Bonchev–Trinajstić information content (AvgIpc) is 3.27. The quantitative estimate of drug-likeness (QED) is 0.801. The summed E-state index contributed by atoms with van der Waals surface area (Å²) in [5.41, 5.74) is 1.53. The van der Waals surface area contributed by atoms with Crippen LogP contribution in [-0.2, 0) is 0 Å². The van der Waals surface area contributed by atoms with Crippen LogP contribution < -0.4 is 4.90 Å². The second-order valence-electron chi connectivity index (χ2n) is 5.59. The number of anilines is 1. The molecule has 3 heterocycles. The van der Waals surface area contributed by atoms with E-state index < -0.39 is 0 Å². The highest BCUT2D eigenvalue weighted by molar-refractivity contribution is 7.18. The van der Waals surface area contributed by atoms with Gasteiger partial charge in [0.05, 0.1) is 11.3 Å². The molecule has 1 aliphatic heterocycles. The fourth-order valence-electron chi connectivity index (χ4n) is 2.80. The Kier molecular flexibility index (Phi) is 3.70. The van der Waals surface area contributed by atoms with Crippen molar-refractivity contribution in [3.63, 3.8) is 0 Å². The van der Waals surface area contributed by atoms with Crippen LogP contribution in [0.1, 0.15) is 19.3 Å². The van der Waals surface area contributed by atoms with Crippen LogP contribution >= 0.6 is 11.3 Å². The molecule has 0 amide bonds. The summed E-state index contributed by atoms with van der Waals surface area (Å²) >= 11 is 1.53. The lowest BCUT2D eigenvalue weighted by Gasteiger charge is -2.25. The first-order valence-electron chi connectivity index (χ1n) is 7.73. The largest absolute Gasteiger partial charge is 0.507 e. The highest BCUT2D eigenvalue weighted by Gasteiger charge is 2.17. The molecule has 1 saturated heterocycles. The van der Waals surface area contributed by atoms with Gasteiger partial charge in [0.15, 0.2) is 5.01 Å². The molecule has 0 unspecified atom stereocenters. The van der Waals surface area contributed by atoms with E-state index in [0.29, 0.717) is 5.56 Å². The standard InChI is InChI=1S/C16H17N5OS/c22-14-11-12(21-10-4-7-17-21)5-6-13(14)15-18-19-16(23-15)20-8-2-1-3-9-20/h4-7,10-11,22H,1-3,8-9H2. The van der Waals surface area contributed by atoms with Crippen molar-refractivity contribution in [2.24, 2.45) is 0 Å². The third-order valence-corrected chi connectivity index (χ3v) is 5.04. The first kappa shape index (κ1) is 14.2. The Morgan fingerprint density at radius 1 is 1.09 bits per heavy atom. The van der Waals surface area contributed by atoms with Crippen molar-refractivity contribution in [3.8, 4) is 22.0 Å². The van der Waals surface area contributed by atoms with Crippen LogP contribution in [0.4, 0.5) is 5.13 Å². The van der Waals surface area contributed by atoms with E-state index in [4.69, 9.17) is 0 Å². The number of hydrogen-bond acceptors (Lipinski definition) is 6. The summed E-state index contributed by atoms with van der Waals surface area (Å²) < 4.78 is 1.71. The van der Waals surface area contributed by atoms with E-state index in [1.807, 2.05) is 24.4 Å². The van der Waals surface area contributed by atoms with Crippen molar-refractivity contribution in [1.82, 2.24) is 20.0 Å². The Labute approximate surface area is 138 Å². The summed E-state index contributed by atoms with van der Waals surface area (Å²) in [5, 5.41) is 24.8. The molecule has 1 aliphatic rings. The van der Waals surface area contributed by atoms with E-state index in [1.54, 1.807) is 16.9 Å². The van der Waals surface area contributed by atoms with Crippen LogP contribution in [0.5, 0.6) is 5.75 Å². The van der Waals surface area contributed by atoms with Gasteiger partial charge in [0.1, 0.15) is 5.75 Å². The van der Waals surface area contributed by atoms with E-state index in [2.05, 4.69) is 20.2 Å². The number of hydrogen-bond donors (Lipinski definition) is 1. The van der Waals surface area contributed by atoms with Gasteiger partial charge < -0.3 is 10.0 Å². The second kappa shape index (κ2) is 6.00. The summed E-state index contributed by atoms with van der Waals surface area (Å²) in [5.74, 6) is 0.194. The molecule has 3 aromatic rings. The fraction of sp³-hybridized carbons (Fsp3) is 0.312. The van der Waals surface area contributed by atoms with Crippen LogP contribution in [0.3, 0.4) is 0 Å². The molecule has 6 nitrogen and oxygen atoms in total. The van der Waals surface area contributed by atoms with Crippen LogP contribution in [-0.4, -0.2) is 38.2 Å². The maximum absolute atomic E-state index is 10.3. The zero-order chi connectivity index (χ0) is 15.6. The lowest BCUT2D eigenvalue weighted by molar-refractivity contribution is 0.476. The minimum Gasteiger partial charge on any atom is -0.507 e. The Balaban J connectivity index is 1.62. The highest BCUT2D eigenvalue weighted by atomic mass is 32.1. The molecule has 0 bridgehead atoms. The Morgan fingerprint density at radius 2 is 1.96 bits per heavy atom. The number of phenolic OH excluding ortho intramolecular Hbond substituents is 1. The van der Waals surface area contributed by atoms with Crippen molar-refractivity contribution in [2.45, 2.75) is 19.3 Å². The van der Waals surface area contributed by atoms with Crippen LogP contribution in [0, 0.1) is 0 Å². The average molecular weight is 327 g/mol. The molecule has 23 heavy (non-hydrogen) atoms. The van der Waals surface area contributed by atoms with Crippen molar-refractivity contribution in [3.05, 3.63) is 36.7 Å². The number of piperidine rings is 1. The molecule has 1 aromatic carbocycles. The molecule has 7 heteroatoms. The predicted octanol–water partition coefficient (Wildman–Crippen LogP) is 3.09. The normalized spacial score (nSPS) is 15.0. The Morgan fingerprint density at radius 3 is 2.70 bits per heavy atom. The fourth-order valence-corrected chi connectivity index (χ4v) is 3.73. The highest BCUT2D eigenvalue weighted by Crippen LogP contribution is 2.35. The number of aromatic hydroxyl groups is 1. The third-order valence-electron chi connectivity index (χ3n) is 4.02. The lowest BCUT2D eigenvalue weighted by atomic mass is 10.1. The minimum atomic E-state index is 0.194. The number of aromatic nitrogens is 4. The zero-order valence-electron chi connectivity index (χ0n) is 12.6. The zero-order valence-corrected chi connectivity index (χ0v) is 13.4. The molecule has 4 rings (SSSR count). The van der Waals surface area contributed by atoms with Crippen molar-refractivity contribution in [1.29, 1.82) is 0 Å². The number of rotatable bonds is 3. The number of benzene rings is 1. The van der Waals surface area contributed by atoms with Crippen LogP contribution in [0.2, 0.25) is 0 Å². The molecule has 1 fully saturated rings. The van der Waals surface area contributed by atoms with Gasteiger partial charge in [-0.2, -0.15) is 5.10 Å². The first-order chi connectivity index (χ1) is 11.3. The van der Waals surface area contributed by atoms with Gasteiger partial charge in [-0.1, -0.05) is 11.3 Å². The summed E-state index contributed by atoms with van der Waals surface area (Å²) in [6, 6.07) is 7.34. The van der Waals surface area contributed by atoms with Crippen molar-refractivity contribution < 1.29 is 5.11 Å². The van der Waals surface area contributed by atoms with Gasteiger partial charge in [-0.25, -0.2) is 4.68 Å². The van der Waals surface area contributed by atoms with E-state index >= 15 is 0 Å². The summed E-state index contributed by atoms with van der Waals surface area (Å²) in [4.78, 5) is 2.28. The summed E-state index contributed by atoms with van der Waals surface area (Å²) in [6.07, 6.45) is 7.25. The topological polar surface area (TPSA) is 67.1 Å². The van der Waals surface area contributed by atoms with E-state index in [1.165, 1.54) is 30.6 Å². The molecule has 118 valence electrons. The number of phenols is 1. The SMILES string of the molecule is Oc1cc(-n2cccn2)ccc1-c1nnc(N2CCCCC2)s1. The molecule has 0 radical (unpaired) electrons. The van der Waals surface area contributed by atoms with Crippen LogP contribution in [0.15, 0.2) is 36.7 Å². The van der Waals surface area contributed by atoms with Gasteiger partial charge in [0.2, 0.25) is 5.13 Å². The van der Waals surface area contributed by atoms with Gasteiger partial charge in [-0.15, -0.1) is 10.2 Å². The Hall–Kier alpha value is -2.41. The van der Waals surface area contributed by atoms with E-state index in [-0.39, 0.29) is 5.75 Å². The molecule has 0 atom stereocenters. The molecule has 0 saturated carbocycles. The molecule has 0 aliphatic carbocycles. The molecular weight excluding hydrogens is 310 g/mol. The summed E-state index contributed by atoms with van der Waals surface area (Å²) in [6.45, 7) is 2.08. The smallest absolute Gasteiger partial charge is 0.208 e. The van der Waals surface area contributed by atoms with Crippen molar-refractivity contribution in [2.75, 3.05) is 18.0 Å². The van der Waals surface area contributed by atoms with Gasteiger partial charge in [-0.3, -0.25) is 0 Å². The van der Waals surface area contributed by atoms with E-state index in [9.17, 15) is 5.11 Å². The second-order valence-corrected chi connectivity index (χ2v) is 6.55. The predicted molar refractivity (Wildman–Crippen MR) is 90.2 cm³/mol. The molecule has 2 aromatic heterocycles. The van der Waals surface area contributed by atoms with Crippen LogP contribution in [0.25, 0.3) is 16.3 Å². The van der Waals surface area contributed by atoms with Gasteiger partial charge in [0.25, 0.3) is 0 Å². The maximum Gasteiger partial charge on any atom is 0.208 e. The van der Waals surface area contributed by atoms with E-state index in [0.717, 1.165) is 28.9 Å². The molecule has 0 spiro atoms.